The fraction of sp³-hybridized carbons (Fsp3) is 0.333. The standard InChI is InChI=1S/C18H23N3O6S/c1-11(10-26-4)21-28(24,25)15-7-5-14(6-8-15)17(22)19-20-18(23)16-9-12(2)27-13(16)3/h5-9,11,21H,10H2,1-4H3,(H,19,22)(H,20,23)/t11-/m0/s1. The molecule has 2 aromatic rings. The van der Waals surface area contributed by atoms with Gasteiger partial charge in [-0.2, -0.15) is 0 Å². The summed E-state index contributed by atoms with van der Waals surface area (Å²) in [6, 6.07) is 6.48. The molecule has 0 bridgehead atoms. The van der Waals surface area contributed by atoms with Crippen LogP contribution >= 0.6 is 0 Å². The zero-order valence-corrected chi connectivity index (χ0v) is 16.8. The Morgan fingerprint density at radius 1 is 1.11 bits per heavy atom. The van der Waals surface area contributed by atoms with Gasteiger partial charge in [0, 0.05) is 18.7 Å². The van der Waals surface area contributed by atoms with Crippen molar-refractivity contribution in [3.05, 3.63) is 53.0 Å². The highest BCUT2D eigenvalue weighted by atomic mass is 32.2. The Morgan fingerprint density at radius 2 is 1.71 bits per heavy atom. The Kier molecular flexibility index (Phi) is 6.95. The van der Waals surface area contributed by atoms with Gasteiger partial charge in [-0.25, -0.2) is 13.1 Å². The number of hydrogen-bond acceptors (Lipinski definition) is 6. The summed E-state index contributed by atoms with van der Waals surface area (Å²) in [6.45, 7) is 5.26. The first-order valence-electron chi connectivity index (χ1n) is 8.43. The van der Waals surface area contributed by atoms with Crippen molar-refractivity contribution in [2.45, 2.75) is 31.7 Å². The summed E-state index contributed by atoms with van der Waals surface area (Å²) in [5.74, 6) is -0.0812. The zero-order valence-electron chi connectivity index (χ0n) is 16.0. The van der Waals surface area contributed by atoms with E-state index in [1.54, 1.807) is 26.8 Å². The maximum atomic E-state index is 12.3. The molecule has 3 N–H and O–H groups in total. The van der Waals surface area contributed by atoms with E-state index in [9.17, 15) is 18.0 Å². The number of sulfonamides is 1. The SMILES string of the molecule is COC[C@H](C)NS(=O)(=O)c1ccc(C(=O)NNC(=O)c2cc(C)oc2C)cc1. The molecule has 0 radical (unpaired) electrons. The van der Waals surface area contributed by atoms with Gasteiger partial charge < -0.3 is 9.15 Å². The molecule has 0 unspecified atom stereocenters. The number of hydrazine groups is 1. The van der Waals surface area contributed by atoms with Crippen molar-refractivity contribution in [2.24, 2.45) is 0 Å². The number of ether oxygens (including phenoxy) is 1. The van der Waals surface area contributed by atoms with E-state index in [0.717, 1.165) is 0 Å². The van der Waals surface area contributed by atoms with Crippen LogP contribution in [0.5, 0.6) is 0 Å². The van der Waals surface area contributed by atoms with E-state index in [-0.39, 0.29) is 17.1 Å². The third-order valence-electron chi connectivity index (χ3n) is 3.77. The predicted molar refractivity (Wildman–Crippen MR) is 101 cm³/mol. The number of carbonyl (C=O) groups excluding carboxylic acids is 2. The second-order valence-electron chi connectivity index (χ2n) is 6.24. The number of amides is 2. The number of methoxy groups -OCH3 is 1. The van der Waals surface area contributed by atoms with Crippen LogP contribution in [-0.4, -0.2) is 40.0 Å². The molecule has 2 amide bonds. The Labute approximate surface area is 163 Å². The molecular weight excluding hydrogens is 386 g/mol. The van der Waals surface area contributed by atoms with Gasteiger partial charge in [-0.3, -0.25) is 20.4 Å². The van der Waals surface area contributed by atoms with Crippen LogP contribution in [-0.2, 0) is 14.8 Å². The molecule has 1 aromatic carbocycles. The average Bonchev–Trinajstić information content (AvgIpc) is 2.97. The summed E-state index contributed by atoms with van der Waals surface area (Å²) in [7, 11) is -2.25. The van der Waals surface area contributed by atoms with E-state index in [0.29, 0.717) is 17.1 Å². The second kappa shape index (κ2) is 9.00. The minimum atomic E-state index is -3.73. The molecule has 0 fully saturated rings. The van der Waals surface area contributed by atoms with E-state index < -0.39 is 27.9 Å². The van der Waals surface area contributed by atoms with Crippen molar-refractivity contribution in [3.8, 4) is 0 Å². The van der Waals surface area contributed by atoms with Crippen LogP contribution in [0.1, 0.15) is 39.2 Å². The van der Waals surface area contributed by atoms with E-state index in [1.807, 2.05) is 0 Å². The van der Waals surface area contributed by atoms with E-state index in [1.165, 1.54) is 31.4 Å². The van der Waals surface area contributed by atoms with Crippen LogP contribution in [0.15, 0.2) is 39.6 Å². The van der Waals surface area contributed by atoms with Gasteiger partial charge in [0.1, 0.15) is 11.5 Å². The highest BCUT2D eigenvalue weighted by molar-refractivity contribution is 7.89. The number of nitrogens with one attached hydrogen (secondary N) is 3. The molecule has 152 valence electrons. The Morgan fingerprint density at radius 3 is 2.25 bits per heavy atom. The lowest BCUT2D eigenvalue weighted by atomic mass is 10.2. The quantitative estimate of drug-likeness (QED) is 0.592. The molecule has 28 heavy (non-hydrogen) atoms. The highest BCUT2D eigenvalue weighted by Gasteiger charge is 2.18. The normalized spacial score (nSPS) is 12.4. The molecule has 0 saturated heterocycles. The molecule has 1 atom stereocenters. The van der Waals surface area contributed by atoms with Crippen LogP contribution < -0.4 is 15.6 Å². The Bertz CT molecular complexity index is 950. The molecule has 0 aliphatic heterocycles. The first-order valence-corrected chi connectivity index (χ1v) is 9.91. The van der Waals surface area contributed by atoms with Gasteiger partial charge in [0.2, 0.25) is 10.0 Å². The Hall–Kier alpha value is -2.69. The summed E-state index contributed by atoms with van der Waals surface area (Å²) in [6.07, 6.45) is 0. The first kappa shape index (κ1) is 21.6. The van der Waals surface area contributed by atoms with Crippen molar-refractivity contribution in [3.63, 3.8) is 0 Å². The number of rotatable bonds is 7. The second-order valence-corrected chi connectivity index (χ2v) is 7.95. The number of benzene rings is 1. The van der Waals surface area contributed by atoms with Crippen LogP contribution in [0.3, 0.4) is 0 Å². The van der Waals surface area contributed by atoms with Gasteiger partial charge in [-0.15, -0.1) is 0 Å². The van der Waals surface area contributed by atoms with Crippen LogP contribution in [0.25, 0.3) is 0 Å². The van der Waals surface area contributed by atoms with Crippen LogP contribution in [0, 0.1) is 13.8 Å². The number of furan rings is 1. The van der Waals surface area contributed by atoms with Crippen molar-refractivity contribution >= 4 is 21.8 Å². The van der Waals surface area contributed by atoms with Gasteiger partial charge in [0.05, 0.1) is 17.1 Å². The maximum absolute atomic E-state index is 12.3. The summed E-state index contributed by atoms with van der Waals surface area (Å²) in [4.78, 5) is 24.3. The molecule has 0 saturated carbocycles. The highest BCUT2D eigenvalue weighted by Crippen LogP contribution is 2.13. The van der Waals surface area contributed by atoms with Crippen molar-refractivity contribution in [2.75, 3.05) is 13.7 Å². The average molecular weight is 409 g/mol. The molecular formula is C18H23N3O6S. The van der Waals surface area contributed by atoms with E-state index in [4.69, 9.17) is 9.15 Å². The number of carbonyl (C=O) groups is 2. The maximum Gasteiger partial charge on any atom is 0.273 e. The summed E-state index contributed by atoms with van der Waals surface area (Å²) >= 11 is 0. The smallest absolute Gasteiger partial charge is 0.273 e. The lowest BCUT2D eigenvalue weighted by Crippen LogP contribution is -2.41. The summed E-state index contributed by atoms with van der Waals surface area (Å²) in [5, 5.41) is 0. The minimum Gasteiger partial charge on any atom is -0.466 e. The number of aryl methyl sites for hydroxylation is 2. The molecule has 2 rings (SSSR count). The molecule has 1 aromatic heterocycles. The van der Waals surface area contributed by atoms with Crippen molar-refractivity contribution < 1.29 is 27.2 Å². The lowest BCUT2D eigenvalue weighted by molar-refractivity contribution is 0.0845. The van der Waals surface area contributed by atoms with Crippen molar-refractivity contribution in [1.29, 1.82) is 0 Å². The largest absolute Gasteiger partial charge is 0.466 e. The van der Waals surface area contributed by atoms with E-state index in [2.05, 4.69) is 15.6 Å². The summed E-state index contributed by atoms with van der Waals surface area (Å²) in [5.41, 5.74) is 5.07. The van der Waals surface area contributed by atoms with Gasteiger partial charge in [0.25, 0.3) is 11.8 Å². The molecule has 0 spiro atoms. The minimum absolute atomic E-state index is 0.0144. The van der Waals surface area contributed by atoms with Crippen LogP contribution in [0.4, 0.5) is 0 Å². The molecule has 10 heteroatoms. The van der Waals surface area contributed by atoms with Crippen LogP contribution in [0.2, 0.25) is 0 Å². The third-order valence-corrected chi connectivity index (χ3v) is 5.38. The topological polar surface area (TPSA) is 127 Å². The fourth-order valence-corrected chi connectivity index (χ4v) is 3.74. The third kappa shape index (κ3) is 5.41. The monoisotopic (exact) mass is 409 g/mol. The predicted octanol–water partition coefficient (Wildman–Crippen LogP) is 1.28. The first-order chi connectivity index (χ1) is 13.1. The van der Waals surface area contributed by atoms with Gasteiger partial charge in [-0.05, 0) is 51.1 Å². The lowest BCUT2D eigenvalue weighted by Gasteiger charge is -2.13. The molecule has 1 heterocycles. The zero-order chi connectivity index (χ0) is 20.9. The summed E-state index contributed by atoms with van der Waals surface area (Å²) < 4.78 is 37.2. The van der Waals surface area contributed by atoms with E-state index >= 15 is 0 Å². The fourth-order valence-electron chi connectivity index (χ4n) is 2.51. The van der Waals surface area contributed by atoms with Gasteiger partial charge >= 0.3 is 0 Å². The Balaban J connectivity index is 1.99. The van der Waals surface area contributed by atoms with Gasteiger partial charge in [0.15, 0.2) is 0 Å². The molecule has 0 aliphatic carbocycles. The molecule has 0 aliphatic rings. The van der Waals surface area contributed by atoms with Crippen molar-refractivity contribution in [1.82, 2.24) is 15.6 Å². The molecule has 9 nitrogen and oxygen atoms in total. The van der Waals surface area contributed by atoms with Gasteiger partial charge in [-0.1, -0.05) is 0 Å². The number of hydrogen-bond donors (Lipinski definition) is 3.